The number of amides is 1. The highest BCUT2D eigenvalue weighted by Crippen LogP contribution is 2.24. The molecule has 0 unspecified atom stereocenters. The van der Waals surface area contributed by atoms with Crippen molar-refractivity contribution in [2.75, 3.05) is 13.7 Å². The summed E-state index contributed by atoms with van der Waals surface area (Å²) in [6.07, 6.45) is 0.243. The van der Waals surface area contributed by atoms with Gasteiger partial charge in [-0.3, -0.25) is 4.79 Å². The first-order valence-corrected chi connectivity index (χ1v) is 7.04. The van der Waals surface area contributed by atoms with Gasteiger partial charge in [0.05, 0.1) is 4.47 Å². The van der Waals surface area contributed by atoms with Gasteiger partial charge in [0, 0.05) is 19.8 Å². The molecule has 4 nitrogen and oxygen atoms in total. The first-order valence-electron chi connectivity index (χ1n) is 6.25. The molecule has 0 aromatic heterocycles. The molecule has 1 aromatic rings. The minimum atomic E-state index is -0.538. The number of hydrogen-bond acceptors (Lipinski definition) is 3. The zero-order chi connectivity index (χ0) is 14.3. The van der Waals surface area contributed by atoms with E-state index in [0.29, 0.717) is 12.4 Å². The second kappa shape index (κ2) is 8.17. The lowest BCUT2D eigenvalue weighted by molar-refractivity contribution is -0.128. The highest BCUT2D eigenvalue weighted by molar-refractivity contribution is 9.10. The van der Waals surface area contributed by atoms with Crippen LogP contribution in [0.5, 0.6) is 5.75 Å². The molecule has 2 atom stereocenters. The number of carbonyl (C=O) groups excluding carboxylic acids is 1. The van der Waals surface area contributed by atoms with E-state index in [4.69, 9.17) is 9.47 Å². The van der Waals surface area contributed by atoms with Crippen molar-refractivity contribution < 1.29 is 14.3 Å². The first kappa shape index (κ1) is 16.0. The van der Waals surface area contributed by atoms with Crippen molar-refractivity contribution in [3.05, 3.63) is 28.7 Å². The minimum absolute atomic E-state index is 0.0673. The number of benzene rings is 1. The van der Waals surface area contributed by atoms with Crippen molar-refractivity contribution in [1.29, 1.82) is 0 Å². The van der Waals surface area contributed by atoms with Crippen LogP contribution >= 0.6 is 15.9 Å². The Morgan fingerprint density at radius 1 is 1.37 bits per heavy atom. The third-order valence-electron chi connectivity index (χ3n) is 2.65. The third-order valence-corrected chi connectivity index (χ3v) is 3.31. The number of methoxy groups -OCH3 is 1. The molecular weight excluding hydrogens is 310 g/mol. The van der Waals surface area contributed by atoms with Crippen LogP contribution in [-0.4, -0.2) is 31.8 Å². The topological polar surface area (TPSA) is 47.6 Å². The van der Waals surface area contributed by atoms with E-state index in [2.05, 4.69) is 21.2 Å². The van der Waals surface area contributed by atoms with Gasteiger partial charge in [0.1, 0.15) is 5.75 Å². The van der Waals surface area contributed by atoms with Crippen molar-refractivity contribution in [1.82, 2.24) is 5.32 Å². The number of rotatable bonds is 7. The van der Waals surface area contributed by atoms with Crippen LogP contribution in [0.15, 0.2) is 28.7 Å². The Labute approximate surface area is 122 Å². The third kappa shape index (κ3) is 5.61. The summed E-state index contributed by atoms with van der Waals surface area (Å²) >= 11 is 3.39. The second-order valence-corrected chi connectivity index (χ2v) is 5.24. The molecule has 0 spiro atoms. The molecular formula is C14H20BrNO3. The molecule has 1 N–H and O–H groups in total. The largest absolute Gasteiger partial charge is 0.480 e. The van der Waals surface area contributed by atoms with Crippen LogP contribution in [0.3, 0.4) is 0 Å². The van der Waals surface area contributed by atoms with E-state index in [-0.39, 0.29) is 11.9 Å². The highest BCUT2D eigenvalue weighted by Gasteiger charge is 2.17. The van der Waals surface area contributed by atoms with Gasteiger partial charge in [0.2, 0.25) is 0 Å². The van der Waals surface area contributed by atoms with Crippen LogP contribution in [0.2, 0.25) is 0 Å². The summed E-state index contributed by atoms with van der Waals surface area (Å²) in [6.45, 7) is 4.31. The summed E-state index contributed by atoms with van der Waals surface area (Å²) in [4.78, 5) is 11.9. The van der Waals surface area contributed by atoms with Crippen molar-refractivity contribution in [3.63, 3.8) is 0 Å². The summed E-state index contributed by atoms with van der Waals surface area (Å²) in [6, 6.07) is 7.53. The molecule has 1 aromatic carbocycles. The minimum Gasteiger partial charge on any atom is -0.480 e. The normalized spacial score (nSPS) is 13.7. The van der Waals surface area contributed by atoms with Gasteiger partial charge >= 0.3 is 0 Å². The Kier molecular flexibility index (Phi) is 6.87. The predicted molar refractivity (Wildman–Crippen MR) is 78.3 cm³/mol. The van der Waals surface area contributed by atoms with E-state index >= 15 is 0 Å². The van der Waals surface area contributed by atoms with E-state index in [0.717, 1.165) is 10.9 Å². The Hall–Kier alpha value is -1.07. The summed E-state index contributed by atoms with van der Waals surface area (Å²) in [5, 5.41) is 2.89. The average molecular weight is 330 g/mol. The molecule has 5 heteroatoms. The van der Waals surface area contributed by atoms with Crippen LogP contribution < -0.4 is 10.1 Å². The lowest BCUT2D eigenvalue weighted by atomic mass is 10.2. The number of carbonyl (C=O) groups is 1. The van der Waals surface area contributed by atoms with Crippen molar-refractivity contribution >= 4 is 21.8 Å². The van der Waals surface area contributed by atoms with E-state index in [1.807, 2.05) is 31.2 Å². The fourth-order valence-corrected chi connectivity index (χ4v) is 1.89. The van der Waals surface area contributed by atoms with Crippen LogP contribution in [0.4, 0.5) is 0 Å². The number of para-hydroxylation sites is 1. The molecule has 0 bridgehead atoms. The number of halogens is 1. The zero-order valence-corrected chi connectivity index (χ0v) is 13.1. The molecule has 0 saturated carbocycles. The van der Waals surface area contributed by atoms with Crippen molar-refractivity contribution in [3.8, 4) is 5.75 Å². The molecule has 0 heterocycles. The van der Waals surface area contributed by atoms with E-state index in [1.54, 1.807) is 14.0 Å². The SMILES string of the molecule is COCC[C@@H](C)NC(=O)[C@@H](C)Oc1ccccc1Br. The van der Waals surface area contributed by atoms with Gasteiger partial charge in [-0.1, -0.05) is 12.1 Å². The van der Waals surface area contributed by atoms with Crippen LogP contribution in [0.25, 0.3) is 0 Å². The Bertz CT molecular complexity index is 411. The summed E-state index contributed by atoms with van der Waals surface area (Å²) in [5.74, 6) is 0.536. The number of ether oxygens (including phenoxy) is 2. The van der Waals surface area contributed by atoms with Gasteiger partial charge in [-0.05, 0) is 48.3 Å². The maximum atomic E-state index is 11.9. The Morgan fingerprint density at radius 3 is 2.68 bits per heavy atom. The monoisotopic (exact) mass is 329 g/mol. The molecule has 0 aliphatic carbocycles. The smallest absolute Gasteiger partial charge is 0.260 e. The Balaban J connectivity index is 2.47. The first-order chi connectivity index (χ1) is 9.04. The van der Waals surface area contributed by atoms with Crippen LogP contribution in [0, 0.1) is 0 Å². The van der Waals surface area contributed by atoms with Crippen LogP contribution in [0.1, 0.15) is 20.3 Å². The Morgan fingerprint density at radius 2 is 2.05 bits per heavy atom. The molecule has 0 aliphatic rings. The van der Waals surface area contributed by atoms with Gasteiger partial charge in [-0.25, -0.2) is 0 Å². The van der Waals surface area contributed by atoms with Gasteiger partial charge < -0.3 is 14.8 Å². The second-order valence-electron chi connectivity index (χ2n) is 4.38. The molecule has 19 heavy (non-hydrogen) atoms. The van der Waals surface area contributed by atoms with Gasteiger partial charge in [-0.15, -0.1) is 0 Å². The van der Waals surface area contributed by atoms with E-state index in [1.165, 1.54) is 0 Å². The molecule has 0 saturated heterocycles. The molecule has 0 fully saturated rings. The number of nitrogens with one attached hydrogen (secondary N) is 1. The quantitative estimate of drug-likeness (QED) is 0.836. The van der Waals surface area contributed by atoms with Gasteiger partial charge in [0.25, 0.3) is 5.91 Å². The molecule has 0 radical (unpaired) electrons. The lowest BCUT2D eigenvalue weighted by Crippen LogP contribution is -2.41. The maximum absolute atomic E-state index is 11.9. The molecule has 1 rings (SSSR count). The summed E-state index contributed by atoms with van der Waals surface area (Å²) < 4.78 is 11.4. The lowest BCUT2D eigenvalue weighted by Gasteiger charge is -2.19. The fraction of sp³-hybridized carbons (Fsp3) is 0.500. The van der Waals surface area contributed by atoms with E-state index < -0.39 is 6.10 Å². The summed E-state index contributed by atoms with van der Waals surface area (Å²) in [7, 11) is 1.65. The summed E-state index contributed by atoms with van der Waals surface area (Å²) in [5.41, 5.74) is 0. The van der Waals surface area contributed by atoms with Crippen molar-refractivity contribution in [2.24, 2.45) is 0 Å². The van der Waals surface area contributed by atoms with Gasteiger partial charge in [0.15, 0.2) is 6.10 Å². The fourth-order valence-electron chi connectivity index (χ4n) is 1.51. The molecule has 106 valence electrons. The number of hydrogen-bond donors (Lipinski definition) is 1. The zero-order valence-electron chi connectivity index (χ0n) is 11.5. The average Bonchev–Trinajstić information content (AvgIpc) is 2.38. The van der Waals surface area contributed by atoms with E-state index in [9.17, 15) is 4.79 Å². The van der Waals surface area contributed by atoms with Crippen LogP contribution in [-0.2, 0) is 9.53 Å². The predicted octanol–water partition coefficient (Wildman–Crippen LogP) is 2.76. The highest BCUT2D eigenvalue weighted by atomic mass is 79.9. The standard InChI is InChI=1S/C14H20BrNO3/c1-10(8-9-18-3)16-14(17)11(2)19-13-7-5-4-6-12(13)15/h4-7,10-11H,8-9H2,1-3H3,(H,16,17)/t10-,11-/m1/s1. The van der Waals surface area contributed by atoms with Gasteiger partial charge in [-0.2, -0.15) is 0 Å². The molecule has 0 aliphatic heterocycles. The maximum Gasteiger partial charge on any atom is 0.260 e. The van der Waals surface area contributed by atoms with Crippen molar-refractivity contribution in [2.45, 2.75) is 32.4 Å². The molecule has 1 amide bonds.